The molecule has 0 spiro atoms. The van der Waals surface area contributed by atoms with E-state index in [1.807, 2.05) is 18.2 Å². The molecule has 0 aliphatic rings. The fourth-order valence-corrected chi connectivity index (χ4v) is 2.47. The van der Waals surface area contributed by atoms with Gasteiger partial charge in [0.1, 0.15) is 0 Å². The van der Waals surface area contributed by atoms with Gasteiger partial charge < -0.3 is 0 Å². The fourth-order valence-electron chi connectivity index (χ4n) is 0.564. The molecule has 0 heterocycles. The van der Waals surface area contributed by atoms with Crippen LogP contribution in [0.1, 0.15) is 0 Å². The highest BCUT2D eigenvalue weighted by molar-refractivity contribution is 14.1. The Morgan fingerprint density at radius 1 is 1.22 bits per heavy atom. The van der Waals surface area contributed by atoms with Crippen LogP contribution in [0.2, 0.25) is 0 Å². The smallest absolute Gasteiger partial charge is 0.148 e. The summed E-state index contributed by atoms with van der Waals surface area (Å²) in [5, 5.41) is 1.27. The van der Waals surface area contributed by atoms with Crippen molar-refractivity contribution >= 4 is 43.7 Å². The molecule has 0 fully saturated rings. The molecule has 1 rings (SSSR count). The van der Waals surface area contributed by atoms with Crippen LogP contribution in [0, 0.1) is 0 Å². The van der Waals surface area contributed by atoms with Crippen LogP contribution in [0.4, 0.5) is 0 Å². The fraction of sp³-hybridized carbons (Fsp3) is 0. The van der Waals surface area contributed by atoms with Gasteiger partial charge in [0.05, 0.1) is 0 Å². The standard InChI is InChI=1S/C6H5ClISi/c7-9(8)6-4-2-1-3-5-6/h1-5H. The molecular formula is C6H5ClISi. The van der Waals surface area contributed by atoms with Gasteiger partial charge in [-0.05, 0) is 5.19 Å². The topological polar surface area (TPSA) is 0 Å². The maximum absolute atomic E-state index is 5.89. The minimum absolute atomic E-state index is 0.770. The molecule has 0 saturated carbocycles. The number of rotatable bonds is 1. The summed E-state index contributed by atoms with van der Waals surface area (Å²) in [6, 6.07) is 10.2. The van der Waals surface area contributed by atoms with Crippen molar-refractivity contribution in [3.8, 4) is 0 Å². The monoisotopic (exact) mass is 267 g/mol. The van der Waals surface area contributed by atoms with Gasteiger partial charge in [-0.25, -0.2) is 0 Å². The quantitative estimate of drug-likeness (QED) is 0.415. The number of benzene rings is 1. The van der Waals surface area contributed by atoms with Gasteiger partial charge in [0, 0.05) is 0 Å². The molecular weight excluding hydrogens is 263 g/mol. The molecule has 0 aromatic heterocycles. The largest absolute Gasteiger partial charge is 0.272 e. The highest BCUT2D eigenvalue weighted by Gasteiger charge is 2.02. The van der Waals surface area contributed by atoms with Crippen LogP contribution in [0.15, 0.2) is 30.3 Å². The summed E-state index contributed by atoms with van der Waals surface area (Å²) in [5.41, 5.74) is -0.770. The number of hydrogen-bond acceptors (Lipinski definition) is 0. The van der Waals surface area contributed by atoms with Crippen LogP contribution in [0.5, 0.6) is 0 Å². The molecule has 47 valence electrons. The predicted molar refractivity (Wildman–Crippen MR) is 51.7 cm³/mol. The summed E-state index contributed by atoms with van der Waals surface area (Å²) in [7, 11) is 0. The Bertz CT molecular complexity index is 176. The van der Waals surface area contributed by atoms with Crippen molar-refractivity contribution in [2.24, 2.45) is 0 Å². The summed E-state index contributed by atoms with van der Waals surface area (Å²) in [6.45, 7) is 0. The van der Waals surface area contributed by atoms with Crippen molar-refractivity contribution in [1.29, 1.82) is 0 Å². The Morgan fingerprint density at radius 3 is 2.11 bits per heavy atom. The van der Waals surface area contributed by atoms with Gasteiger partial charge in [-0.3, -0.25) is 0 Å². The Labute approximate surface area is 73.8 Å². The van der Waals surface area contributed by atoms with Gasteiger partial charge in [0.15, 0.2) is 0 Å². The molecule has 0 aliphatic heterocycles. The van der Waals surface area contributed by atoms with Crippen LogP contribution >= 0.6 is 32.9 Å². The van der Waals surface area contributed by atoms with E-state index in [1.54, 1.807) is 0 Å². The molecule has 0 atom stereocenters. The molecule has 0 nitrogen and oxygen atoms in total. The zero-order valence-corrected chi connectivity index (χ0v) is 8.56. The second-order valence-electron chi connectivity index (χ2n) is 1.63. The average molecular weight is 268 g/mol. The molecule has 0 aliphatic carbocycles. The van der Waals surface area contributed by atoms with Crippen LogP contribution < -0.4 is 5.19 Å². The van der Waals surface area contributed by atoms with E-state index in [0.29, 0.717) is 0 Å². The molecule has 0 amide bonds. The number of halogens is 2. The molecule has 1 aromatic carbocycles. The molecule has 9 heavy (non-hydrogen) atoms. The van der Waals surface area contributed by atoms with E-state index >= 15 is 0 Å². The highest BCUT2D eigenvalue weighted by atomic mass is 127. The van der Waals surface area contributed by atoms with Crippen molar-refractivity contribution < 1.29 is 0 Å². The van der Waals surface area contributed by atoms with Crippen LogP contribution in [-0.2, 0) is 0 Å². The lowest BCUT2D eigenvalue weighted by Crippen LogP contribution is -2.15. The molecule has 0 saturated heterocycles. The van der Waals surface area contributed by atoms with Crippen molar-refractivity contribution in [1.82, 2.24) is 0 Å². The summed E-state index contributed by atoms with van der Waals surface area (Å²) in [6.07, 6.45) is 0. The van der Waals surface area contributed by atoms with Crippen LogP contribution in [0.3, 0.4) is 0 Å². The third-order valence-electron chi connectivity index (χ3n) is 0.992. The lowest BCUT2D eigenvalue weighted by molar-refractivity contribution is 1.77. The second-order valence-corrected chi connectivity index (χ2v) is 9.01. The van der Waals surface area contributed by atoms with E-state index in [0.717, 1.165) is 0 Å². The summed E-state index contributed by atoms with van der Waals surface area (Å²) in [5.74, 6) is 0. The minimum Gasteiger partial charge on any atom is -0.148 e. The summed E-state index contributed by atoms with van der Waals surface area (Å²) < 4.78 is 0. The third-order valence-corrected chi connectivity index (χ3v) is 4.28. The van der Waals surface area contributed by atoms with Gasteiger partial charge >= 0.3 is 0 Å². The summed E-state index contributed by atoms with van der Waals surface area (Å²) in [4.78, 5) is 0. The summed E-state index contributed by atoms with van der Waals surface area (Å²) >= 11 is 8.17. The molecule has 0 N–H and O–H groups in total. The zero-order valence-electron chi connectivity index (χ0n) is 4.64. The lowest BCUT2D eigenvalue weighted by Gasteiger charge is -1.94. The minimum atomic E-state index is -0.770. The Kier molecular flexibility index (Phi) is 3.01. The first kappa shape index (κ1) is 7.56. The Hall–Kier alpha value is 0.457. The van der Waals surface area contributed by atoms with Gasteiger partial charge in [-0.1, -0.05) is 52.1 Å². The third kappa shape index (κ3) is 2.27. The average Bonchev–Trinajstić information content (AvgIpc) is 1.90. The lowest BCUT2D eigenvalue weighted by atomic mass is 10.4. The van der Waals surface area contributed by atoms with E-state index in [-0.39, 0.29) is 0 Å². The van der Waals surface area contributed by atoms with Crippen molar-refractivity contribution in [2.75, 3.05) is 0 Å². The zero-order chi connectivity index (χ0) is 6.69. The van der Waals surface area contributed by atoms with Crippen molar-refractivity contribution in [3.05, 3.63) is 30.3 Å². The SMILES string of the molecule is Cl[Si](I)c1ccccc1. The van der Waals surface area contributed by atoms with E-state index in [4.69, 9.17) is 11.1 Å². The van der Waals surface area contributed by atoms with Crippen LogP contribution in [0.25, 0.3) is 0 Å². The Balaban J connectivity index is 2.85. The molecule has 3 heteroatoms. The highest BCUT2D eigenvalue weighted by Crippen LogP contribution is 1.99. The first-order chi connectivity index (χ1) is 4.30. The number of hydrogen-bond donors (Lipinski definition) is 0. The van der Waals surface area contributed by atoms with Crippen molar-refractivity contribution in [3.63, 3.8) is 0 Å². The van der Waals surface area contributed by atoms with E-state index in [1.165, 1.54) is 5.19 Å². The van der Waals surface area contributed by atoms with E-state index < -0.39 is 5.60 Å². The van der Waals surface area contributed by atoms with Crippen molar-refractivity contribution in [2.45, 2.75) is 0 Å². The van der Waals surface area contributed by atoms with Gasteiger partial charge in [0.25, 0.3) is 5.60 Å². The van der Waals surface area contributed by atoms with Gasteiger partial charge in [0.2, 0.25) is 0 Å². The normalized spacial score (nSPS) is 10.1. The Morgan fingerprint density at radius 2 is 1.78 bits per heavy atom. The molecule has 0 unspecified atom stereocenters. The maximum atomic E-state index is 5.89. The van der Waals surface area contributed by atoms with Crippen LogP contribution in [-0.4, -0.2) is 5.60 Å². The molecule has 0 bridgehead atoms. The van der Waals surface area contributed by atoms with E-state index in [9.17, 15) is 0 Å². The van der Waals surface area contributed by atoms with Gasteiger partial charge in [-0.15, -0.1) is 11.1 Å². The maximum Gasteiger partial charge on any atom is 0.272 e. The first-order valence-corrected chi connectivity index (χ1v) is 8.16. The molecule has 1 radical (unpaired) electrons. The van der Waals surface area contributed by atoms with Gasteiger partial charge in [-0.2, -0.15) is 0 Å². The van der Waals surface area contributed by atoms with E-state index in [2.05, 4.69) is 33.9 Å². The molecule has 1 aromatic rings. The first-order valence-electron chi connectivity index (χ1n) is 2.54. The predicted octanol–water partition coefficient (Wildman–Crippen LogP) is 2.06. The second kappa shape index (κ2) is 3.58.